The molecule has 21 heavy (non-hydrogen) atoms. The van der Waals surface area contributed by atoms with Crippen LogP contribution in [0.5, 0.6) is 5.75 Å². The van der Waals surface area contributed by atoms with Crippen molar-refractivity contribution in [2.24, 2.45) is 5.92 Å². The maximum atomic E-state index is 12.6. The van der Waals surface area contributed by atoms with Gasteiger partial charge in [0.2, 0.25) is 0 Å². The van der Waals surface area contributed by atoms with Crippen molar-refractivity contribution in [3.05, 3.63) is 28.8 Å². The molecule has 3 rings (SSSR count). The molecule has 2 saturated heterocycles. The fourth-order valence-electron chi connectivity index (χ4n) is 3.36. The van der Waals surface area contributed by atoms with E-state index in [1.165, 1.54) is 0 Å². The maximum Gasteiger partial charge on any atom is 0.253 e. The number of rotatable bonds is 2. The highest BCUT2D eigenvalue weighted by Gasteiger charge is 2.38. The van der Waals surface area contributed by atoms with Gasteiger partial charge in [0.1, 0.15) is 5.75 Å². The Morgan fingerprint density at radius 1 is 1.48 bits per heavy atom. The van der Waals surface area contributed by atoms with Crippen LogP contribution in [0.3, 0.4) is 0 Å². The molecule has 1 aromatic rings. The van der Waals surface area contributed by atoms with E-state index in [4.69, 9.17) is 21.1 Å². The summed E-state index contributed by atoms with van der Waals surface area (Å²) in [5.74, 6) is 1.09. The van der Waals surface area contributed by atoms with Gasteiger partial charge >= 0.3 is 0 Å². The van der Waals surface area contributed by atoms with Crippen LogP contribution < -0.4 is 4.74 Å². The Bertz CT molecular complexity index is 548. The average Bonchev–Trinajstić information content (AvgIpc) is 2.85. The minimum atomic E-state index is 0.0394. The van der Waals surface area contributed by atoms with Crippen molar-refractivity contribution in [1.29, 1.82) is 0 Å². The third-order valence-electron chi connectivity index (χ3n) is 4.39. The molecule has 0 radical (unpaired) electrons. The Morgan fingerprint density at radius 2 is 2.29 bits per heavy atom. The number of ether oxygens (including phenoxy) is 2. The molecule has 0 aliphatic carbocycles. The van der Waals surface area contributed by atoms with Crippen LogP contribution in [-0.2, 0) is 4.74 Å². The standard InChI is InChI=1S/C16H20ClNO3/c1-10-7-12-9-18(6-5-14(12)21-10)16(19)11-3-4-15(20-2)13(17)8-11/h3-4,8,10,12,14H,5-7,9H2,1-2H3/t10-,12-,14+/m0/s1. The lowest BCUT2D eigenvalue weighted by Gasteiger charge is -2.34. The number of carbonyl (C=O) groups is 1. The van der Waals surface area contributed by atoms with Crippen LogP contribution in [0.2, 0.25) is 5.02 Å². The average molecular weight is 310 g/mol. The second kappa shape index (κ2) is 5.85. The van der Waals surface area contributed by atoms with Gasteiger partial charge in [-0.3, -0.25) is 4.79 Å². The van der Waals surface area contributed by atoms with Crippen LogP contribution in [0, 0.1) is 5.92 Å². The lowest BCUT2D eigenvalue weighted by atomic mass is 9.92. The van der Waals surface area contributed by atoms with Crippen LogP contribution in [-0.4, -0.2) is 43.2 Å². The van der Waals surface area contributed by atoms with Crippen LogP contribution in [0.25, 0.3) is 0 Å². The van der Waals surface area contributed by atoms with E-state index in [2.05, 4.69) is 6.92 Å². The highest BCUT2D eigenvalue weighted by atomic mass is 35.5. The molecule has 1 aromatic carbocycles. The molecule has 0 bridgehead atoms. The quantitative estimate of drug-likeness (QED) is 0.843. The number of hydrogen-bond acceptors (Lipinski definition) is 3. The second-order valence-corrected chi connectivity index (χ2v) is 6.28. The van der Waals surface area contributed by atoms with Gasteiger partial charge in [-0.15, -0.1) is 0 Å². The number of benzene rings is 1. The van der Waals surface area contributed by atoms with Gasteiger partial charge in [-0.1, -0.05) is 11.6 Å². The van der Waals surface area contributed by atoms with E-state index in [-0.39, 0.29) is 5.91 Å². The van der Waals surface area contributed by atoms with Crippen LogP contribution in [0.15, 0.2) is 18.2 Å². The molecule has 5 heteroatoms. The summed E-state index contributed by atoms with van der Waals surface area (Å²) in [6, 6.07) is 5.19. The monoisotopic (exact) mass is 309 g/mol. The number of amides is 1. The van der Waals surface area contributed by atoms with Crippen molar-refractivity contribution in [3.8, 4) is 5.75 Å². The molecule has 0 spiro atoms. The van der Waals surface area contributed by atoms with Gasteiger partial charge in [-0.05, 0) is 38.0 Å². The number of halogens is 1. The molecule has 0 aromatic heterocycles. The molecule has 3 atom stereocenters. The largest absolute Gasteiger partial charge is 0.495 e. The molecular formula is C16H20ClNO3. The second-order valence-electron chi connectivity index (χ2n) is 5.87. The molecule has 0 N–H and O–H groups in total. The maximum absolute atomic E-state index is 12.6. The summed E-state index contributed by atoms with van der Waals surface area (Å²) >= 11 is 6.11. The Kier molecular flexibility index (Phi) is 4.09. The van der Waals surface area contributed by atoms with Crippen LogP contribution >= 0.6 is 11.6 Å². The van der Waals surface area contributed by atoms with Crippen LogP contribution in [0.4, 0.5) is 0 Å². The molecule has 2 aliphatic heterocycles. The smallest absolute Gasteiger partial charge is 0.253 e. The summed E-state index contributed by atoms with van der Waals surface area (Å²) in [6.07, 6.45) is 2.59. The molecule has 114 valence electrons. The SMILES string of the molecule is COc1ccc(C(=O)N2CC[C@H]3O[C@@H](C)C[C@H]3C2)cc1Cl. The summed E-state index contributed by atoms with van der Waals surface area (Å²) in [4.78, 5) is 14.5. The van der Waals surface area contributed by atoms with E-state index in [1.807, 2.05) is 4.90 Å². The third kappa shape index (κ3) is 2.87. The first-order valence-electron chi connectivity index (χ1n) is 7.36. The van der Waals surface area contributed by atoms with E-state index >= 15 is 0 Å². The lowest BCUT2D eigenvalue weighted by molar-refractivity contribution is 0.00865. The van der Waals surface area contributed by atoms with Crippen LogP contribution in [0.1, 0.15) is 30.1 Å². The molecule has 2 aliphatic rings. The number of hydrogen-bond donors (Lipinski definition) is 0. The van der Waals surface area contributed by atoms with Crippen molar-refractivity contribution in [2.45, 2.75) is 32.0 Å². The molecular weight excluding hydrogens is 290 g/mol. The molecule has 0 saturated carbocycles. The summed E-state index contributed by atoms with van der Waals surface area (Å²) < 4.78 is 11.0. The molecule has 2 fully saturated rings. The summed E-state index contributed by atoms with van der Waals surface area (Å²) in [7, 11) is 1.56. The number of nitrogens with zero attached hydrogens (tertiary/aromatic N) is 1. The number of carbonyl (C=O) groups excluding carboxylic acids is 1. The molecule has 4 nitrogen and oxygen atoms in total. The highest BCUT2D eigenvalue weighted by Crippen LogP contribution is 2.33. The number of likely N-dealkylation sites (tertiary alicyclic amines) is 1. The Hall–Kier alpha value is -1.26. The predicted octanol–water partition coefficient (Wildman–Crippen LogP) is 2.99. The summed E-state index contributed by atoms with van der Waals surface area (Å²) in [5.41, 5.74) is 0.617. The van der Waals surface area contributed by atoms with Crippen molar-refractivity contribution in [3.63, 3.8) is 0 Å². The normalized spacial score (nSPS) is 28.3. The first-order chi connectivity index (χ1) is 10.1. The van der Waals surface area contributed by atoms with Crippen molar-refractivity contribution >= 4 is 17.5 Å². The number of fused-ring (bicyclic) bond motifs is 1. The first kappa shape index (κ1) is 14.7. The van der Waals surface area contributed by atoms with E-state index in [9.17, 15) is 4.79 Å². The van der Waals surface area contributed by atoms with E-state index in [0.717, 1.165) is 25.9 Å². The summed E-state index contributed by atoms with van der Waals surface area (Å²) in [5, 5.41) is 0.469. The fraction of sp³-hybridized carbons (Fsp3) is 0.562. The number of methoxy groups -OCH3 is 1. The van der Waals surface area contributed by atoms with Gasteiger partial charge in [0.05, 0.1) is 24.3 Å². The zero-order valence-electron chi connectivity index (χ0n) is 12.3. The fourth-order valence-corrected chi connectivity index (χ4v) is 3.62. The Labute approximate surface area is 130 Å². The topological polar surface area (TPSA) is 38.8 Å². The van der Waals surface area contributed by atoms with Crippen molar-refractivity contribution < 1.29 is 14.3 Å². The molecule has 2 heterocycles. The van der Waals surface area contributed by atoms with Gasteiger partial charge < -0.3 is 14.4 Å². The zero-order chi connectivity index (χ0) is 15.0. The summed E-state index contributed by atoms with van der Waals surface area (Å²) in [6.45, 7) is 3.63. The lowest BCUT2D eigenvalue weighted by Crippen LogP contribution is -2.44. The third-order valence-corrected chi connectivity index (χ3v) is 4.69. The van der Waals surface area contributed by atoms with Gasteiger partial charge in [0.15, 0.2) is 0 Å². The van der Waals surface area contributed by atoms with Crippen molar-refractivity contribution in [2.75, 3.05) is 20.2 Å². The number of piperidine rings is 1. The highest BCUT2D eigenvalue weighted by molar-refractivity contribution is 6.32. The first-order valence-corrected chi connectivity index (χ1v) is 7.74. The Balaban J connectivity index is 1.72. The predicted molar refractivity (Wildman–Crippen MR) is 81.0 cm³/mol. The van der Waals surface area contributed by atoms with Gasteiger partial charge in [-0.2, -0.15) is 0 Å². The molecule has 0 unspecified atom stereocenters. The van der Waals surface area contributed by atoms with Gasteiger partial charge in [0, 0.05) is 24.6 Å². The minimum absolute atomic E-state index is 0.0394. The van der Waals surface area contributed by atoms with Gasteiger partial charge in [0.25, 0.3) is 5.91 Å². The van der Waals surface area contributed by atoms with E-state index < -0.39 is 0 Å². The molecule has 1 amide bonds. The van der Waals surface area contributed by atoms with E-state index in [1.54, 1.807) is 25.3 Å². The Morgan fingerprint density at radius 3 is 3.00 bits per heavy atom. The van der Waals surface area contributed by atoms with E-state index in [0.29, 0.717) is 34.5 Å². The van der Waals surface area contributed by atoms with Crippen molar-refractivity contribution in [1.82, 2.24) is 4.90 Å². The zero-order valence-corrected chi connectivity index (χ0v) is 13.1. The minimum Gasteiger partial charge on any atom is -0.495 e. The van der Waals surface area contributed by atoms with Gasteiger partial charge in [-0.25, -0.2) is 0 Å².